The van der Waals surface area contributed by atoms with Crippen LogP contribution in [0.5, 0.6) is 11.5 Å². The molecule has 3 aromatic carbocycles. The zero-order valence-electron chi connectivity index (χ0n) is 15.6. The molecule has 0 saturated heterocycles. The zero-order valence-corrected chi connectivity index (χ0v) is 18.7. The molecule has 1 N–H and O–H groups in total. The predicted octanol–water partition coefficient (Wildman–Crippen LogP) is 4.84. The van der Waals surface area contributed by atoms with Gasteiger partial charge in [0.15, 0.2) is 0 Å². The second-order valence-electron chi connectivity index (χ2n) is 6.63. The summed E-state index contributed by atoms with van der Waals surface area (Å²) in [7, 11) is -4.39. The van der Waals surface area contributed by atoms with Crippen LogP contribution < -0.4 is 14.2 Å². The fourth-order valence-corrected chi connectivity index (χ4v) is 5.02. The molecule has 1 aliphatic rings. The maximum atomic E-state index is 12.9. The molecule has 1 heterocycles. The molecule has 1 amide bonds. The molecule has 0 atom stereocenters. The van der Waals surface area contributed by atoms with E-state index >= 15 is 0 Å². The van der Waals surface area contributed by atoms with Gasteiger partial charge in [-0.1, -0.05) is 71.2 Å². The van der Waals surface area contributed by atoms with Gasteiger partial charge in [0.05, 0.1) is 15.1 Å². The number of amides is 1. The molecule has 6 nitrogen and oxygen atoms in total. The Morgan fingerprint density at radius 1 is 0.839 bits per heavy atom. The van der Waals surface area contributed by atoms with Crippen molar-refractivity contribution in [2.45, 2.75) is 17.6 Å². The van der Waals surface area contributed by atoms with Gasteiger partial charge >= 0.3 is 12.2 Å². The van der Waals surface area contributed by atoms with E-state index < -0.39 is 27.1 Å². The van der Waals surface area contributed by atoms with Crippen LogP contribution in [-0.2, 0) is 21.2 Å². The molecule has 0 aromatic heterocycles. The lowest BCUT2D eigenvalue weighted by molar-refractivity contribution is -0.138. The average molecular weight is 499 g/mol. The minimum Gasteiger partial charge on any atom is -0.446 e. The summed E-state index contributed by atoms with van der Waals surface area (Å²) in [4.78, 5) is 12.5. The molecule has 0 saturated carbocycles. The smallest absolute Gasteiger partial charge is 0.322 e. The molecule has 0 radical (unpaired) electrons. The van der Waals surface area contributed by atoms with Crippen molar-refractivity contribution in [2.75, 3.05) is 0 Å². The third-order valence-electron chi connectivity index (χ3n) is 4.51. The van der Waals surface area contributed by atoms with Gasteiger partial charge in [-0.2, -0.15) is 0 Å². The monoisotopic (exact) mass is 497 g/mol. The van der Waals surface area contributed by atoms with E-state index in [1.54, 1.807) is 24.3 Å². The second-order valence-corrected chi connectivity index (χ2v) is 9.50. The van der Waals surface area contributed by atoms with Gasteiger partial charge in [0, 0.05) is 6.42 Å². The van der Waals surface area contributed by atoms with Crippen molar-refractivity contribution in [1.82, 2.24) is 4.72 Å². The standard InChI is InChI=1S/C21H14Cl3NO5S/c22-14-10-16(24)19(11-15(14)23)31(27,28)25-20(26)21-29-17-7-3-1-5-12(17)9-13-6-2-4-8-18(13)30-21/h1-8,10-11,21H,9H2,(H,25,26). The lowest BCUT2D eigenvalue weighted by atomic mass is 10.0. The Morgan fingerprint density at radius 2 is 1.35 bits per heavy atom. The van der Waals surface area contributed by atoms with Crippen molar-refractivity contribution in [1.29, 1.82) is 0 Å². The molecule has 3 aromatic rings. The number of hydrogen-bond acceptors (Lipinski definition) is 5. The Kier molecular flexibility index (Phi) is 6.03. The molecule has 31 heavy (non-hydrogen) atoms. The van der Waals surface area contributed by atoms with Crippen LogP contribution in [0, 0.1) is 0 Å². The largest absolute Gasteiger partial charge is 0.446 e. The molecular formula is C21H14Cl3NO5S. The first kappa shape index (κ1) is 21.8. The number of para-hydroxylation sites is 2. The summed E-state index contributed by atoms with van der Waals surface area (Å²) < 4.78 is 39.0. The van der Waals surface area contributed by atoms with Crippen molar-refractivity contribution in [3.05, 3.63) is 86.9 Å². The minimum absolute atomic E-state index is 0.0276. The normalized spacial score (nSPS) is 13.6. The first-order valence-corrected chi connectivity index (χ1v) is 11.6. The van der Waals surface area contributed by atoms with E-state index in [2.05, 4.69) is 0 Å². The number of nitrogens with one attached hydrogen (secondary N) is 1. The highest BCUT2D eigenvalue weighted by Gasteiger charge is 2.32. The van der Waals surface area contributed by atoms with Gasteiger partial charge in [-0.3, -0.25) is 4.79 Å². The lowest BCUT2D eigenvalue weighted by Gasteiger charge is -2.25. The molecule has 0 unspecified atom stereocenters. The number of sulfonamides is 1. The first-order valence-electron chi connectivity index (χ1n) is 8.95. The van der Waals surface area contributed by atoms with Crippen LogP contribution in [0.25, 0.3) is 0 Å². The molecule has 10 heteroatoms. The van der Waals surface area contributed by atoms with Crippen LogP contribution in [0.15, 0.2) is 65.6 Å². The van der Waals surface area contributed by atoms with E-state index in [9.17, 15) is 13.2 Å². The van der Waals surface area contributed by atoms with Gasteiger partial charge in [0.2, 0.25) is 0 Å². The van der Waals surface area contributed by atoms with Gasteiger partial charge in [0.25, 0.3) is 10.0 Å². The highest BCUT2D eigenvalue weighted by atomic mass is 35.5. The molecule has 0 fully saturated rings. The Bertz CT molecular complexity index is 1230. The van der Waals surface area contributed by atoms with Gasteiger partial charge < -0.3 is 9.47 Å². The maximum Gasteiger partial charge on any atom is 0.322 e. The van der Waals surface area contributed by atoms with Crippen molar-refractivity contribution in [2.24, 2.45) is 0 Å². The summed E-state index contributed by atoms with van der Waals surface area (Å²) in [5, 5.41) is -0.137. The number of ether oxygens (including phenoxy) is 2. The summed E-state index contributed by atoms with van der Waals surface area (Å²) >= 11 is 17.8. The van der Waals surface area contributed by atoms with E-state index in [1.165, 1.54) is 6.07 Å². The summed E-state index contributed by atoms with van der Waals surface area (Å²) in [6.07, 6.45) is -1.04. The molecule has 4 rings (SSSR count). The summed E-state index contributed by atoms with van der Waals surface area (Å²) in [5.74, 6) is -0.224. The topological polar surface area (TPSA) is 81.7 Å². The van der Waals surface area contributed by atoms with Gasteiger partial charge in [-0.15, -0.1) is 0 Å². The van der Waals surface area contributed by atoms with Gasteiger partial charge in [-0.25, -0.2) is 13.1 Å². The quantitative estimate of drug-likeness (QED) is 0.523. The lowest BCUT2D eigenvalue weighted by Crippen LogP contribution is -2.45. The van der Waals surface area contributed by atoms with Crippen molar-refractivity contribution in [3.63, 3.8) is 0 Å². The molecule has 0 bridgehead atoms. The summed E-state index contributed by atoms with van der Waals surface area (Å²) in [6.45, 7) is 0. The van der Waals surface area contributed by atoms with E-state index in [1.807, 2.05) is 29.0 Å². The van der Waals surface area contributed by atoms with E-state index in [0.29, 0.717) is 17.9 Å². The number of rotatable bonds is 3. The maximum absolute atomic E-state index is 12.9. The highest BCUT2D eigenvalue weighted by molar-refractivity contribution is 7.90. The van der Waals surface area contributed by atoms with E-state index in [-0.39, 0.29) is 15.1 Å². The molecule has 0 aliphatic carbocycles. The second kappa shape index (κ2) is 8.59. The van der Waals surface area contributed by atoms with Crippen molar-refractivity contribution in [3.8, 4) is 11.5 Å². The number of fused-ring (bicyclic) bond motifs is 2. The van der Waals surface area contributed by atoms with Crippen LogP contribution >= 0.6 is 34.8 Å². The number of carbonyl (C=O) groups is 1. The molecule has 160 valence electrons. The van der Waals surface area contributed by atoms with E-state index in [4.69, 9.17) is 44.3 Å². The Hall–Kier alpha value is -2.45. The summed E-state index contributed by atoms with van der Waals surface area (Å²) in [5.41, 5.74) is 1.65. The first-order chi connectivity index (χ1) is 14.7. The number of carbonyl (C=O) groups excluding carboxylic acids is 1. The fourth-order valence-electron chi connectivity index (χ4n) is 3.04. The average Bonchev–Trinajstić information content (AvgIpc) is 2.70. The third-order valence-corrected chi connectivity index (χ3v) is 7.04. The van der Waals surface area contributed by atoms with Crippen molar-refractivity contribution >= 4 is 50.7 Å². The fraction of sp³-hybridized carbons (Fsp3) is 0.0952. The number of halogens is 3. The Balaban J connectivity index is 1.67. The summed E-state index contributed by atoms with van der Waals surface area (Å²) in [6, 6.07) is 16.5. The molecular weight excluding hydrogens is 485 g/mol. The Labute approximate surface area is 193 Å². The minimum atomic E-state index is -4.39. The van der Waals surface area contributed by atoms with Gasteiger partial charge in [-0.05, 0) is 35.4 Å². The van der Waals surface area contributed by atoms with Gasteiger partial charge in [0.1, 0.15) is 16.4 Å². The van der Waals surface area contributed by atoms with Crippen LogP contribution in [0.1, 0.15) is 11.1 Å². The molecule has 0 spiro atoms. The molecule has 1 aliphatic heterocycles. The van der Waals surface area contributed by atoms with Crippen LogP contribution in [0.2, 0.25) is 15.1 Å². The number of benzene rings is 3. The predicted molar refractivity (Wildman–Crippen MR) is 118 cm³/mol. The van der Waals surface area contributed by atoms with E-state index in [0.717, 1.165) is 17.2 Å². The zero-order chi connectivity index (χ0) is 22.2. The van der Waals surface area contributed by atoms with Crippen LogP contribution in [0.4, 0.5) is 0 Å². The third kappa shape index (κ3) is 4.60. The highest BCUT2D eigenvalue weighted by Crippen LogP contribution is 2.33. The SMILES string of the molecule is O=C(NS(=O)(=O)c1cc(Cl)c(Cl)cc1Cl)C1Oc2ccccc2Cc2ccccc2O1. The van der Waals surface area contributed by atoms with Crippen LogP contribution in [-0.4, -0.2) is 20.6 Å². The Morgan fingerprint density at radius 3 is 1.94 bits per heavy atom. The van der Waals surface area contributed by atoms with Crippen LogP contribution in [0.3, 0.4) is 0 Å². The number of hydrogen-bond donors (Lipinski definition) is 1. The van der Waals surface area contributed by atoms with Crippen molar-refractivity contribution < 1.29 is 22.7 Å².